The van der Waals surface area contributed by atoms with E-state index in [1.807, 2.05) is 33.8 Å². The summed E-state index contributed by atoms with van der Waals surface area (Å²) in [5, 5.41) is 11.8. The molecule has 1 rings (SSSR count). The monoisotopic (exact) mass is 290 g/mol. The van der Waals surface area contributed by atoms with Gasteiger partial charge in [-0.2, -0.15) is 5.26 Å². The second kappa shape index (κ2) is 8.15. The molecule has 0 aliphatic heterocycles. The summed E-state index contributed by atoms with van der Waals surface area (Å²) >= 11 is 0. The van der Waals surface area contributed by atoms with Crippen molar-refractivity contribution in [2.24, 2.45) is 11.8 Å². The molecule has 5 heteroatoms. The van der Waals surface area contributed by atoms with Crippen LogP contribution in [0.2, 0.25) is 0 Å². The Morgan fingerprint density at radius 2 is 1.86 bits per heavy atom. The Hall–Kier alpha value is -2.22. The van der Waals surface area contributed by atoms with E-state index in [-0.39, 0.29) is 11.8 Å². The van der Waals surface area contributed by atoms with Gasteiger partial charge >= 0.3 is 0 Å². The van der Waals surface area contributed by atoms with E-state index in [0.717, 1.165) is 0 Å². The van der Waals surface area contributed by atoms with Crippen LogP contribution in [0.25, 0.3) is 0 Å². The molecule has 1 aromatic rings. The molecule has 1 amide bonds. The summed E-state index contributed by atoms with van der Waals surface area (Å²) < 4.78 is 11.0. The van der Waals surface area contributed by atoms with Crippen molar-refractivity contribution in [1.29, 1.82) is 5.26 Å². The molecule has 1 atom stereocenters. The van der Waals surface area contributed by atoms with E-state index in [4.69, 9.17) is 14.7 Å². The van der Waals surface area contributed by atoms with Crippen molar-refractivity contribution >= 4 is 11.6 Å². The molecule has 0 aromatic heterocycles. The molecular weight excluding hydrogens is 268 g/mol. The fourth-order valence-corrected chi connectivity index (χ4v) is 1.86. The van der Waals surface area contributed by atoms with Crippen LogP contribution < -0.4 is 14.8 Å². The molecule has 0 heterocycles. The standard InChI is InChI=1S/C16H22N2O3/c1-5-20-14-8-7-12(9-15(14)21-6-2)18-16(19)13(10-17)11(3)4/h7-9,11,13H,5-6H2,1-4H3,(H,18,19). The number of benzene rings is 1. The molecule has 0 saturated carbocycles. The van der Waals surface area contributed by atoms with Crippen LogP contribution in [0.5, 0.6) is 11.5 Å². The summed E-state index contributed by atoms with van der Waals surface area (Å²) in [5.74, 6) is 0.198. The Balaban J connectivity index is 2.91. The van der Waals surface area contributed by atoms with Crippen LogP contribution in [0.3, 0.4) is 0 Å². The van der Waals surface area contributed by atoms with Crippen LogP contribution in [-0.4, -0.2) is 19.1 Å². The van der Waals surface area contributed by atoms with Crippen molar-refractivity contribution in [3.8, 4) is 17.6 Å². The van der Waals surface area contributed by atoms with Crippen molar-refractivity contribution in [3.05, 3.63) is 18.2 Å². The first-order chi connectivity index (χ1) is 10.0. The third-order valence-electron chi connectivity index (χ3n) is 2.90. The predicted octanol–water partition coefficient (Wildman–Crippen LogP) is 3.22. The van der Waals surface area contributed by atoms with Gasteiger partial charge < -0.3 is 14.8 Å². The van der Waals surface area contributed by atoms with Crippen LogP contribution in [0.4, 0.5) is 5.69 Å². The quantitative estimate of drug-likeness (QED) is 0.837. The zero-order valence-corrected chi connectivity index (χ0v) is 13.0. The minimum absolute atomic E-state index is 0.0379. The Bertz CT molecular complexity index is 521. The largest absolute Gasteiger partial charge is 0.490 e. The Morgan fingerprint density at radius 3 is 2.38 bits per heavy atom. The normalized spacial score (nSPS) is 11.6. The van der Waals surface area contributed by atoms with Crippen molar-refractivity contribution < 1.29 is 14.3 Å². The lowest BCUT2D eigenvalue weighted by Gasteiger charge is -2.15. The molecular formula is C16H22N2O3. The Morgan fingerprint density at radius 1 is 1.24 bits per heavy atom. The average molecular weight is 290 g/mol. The van der Waals surface area contributed by atoms with E-state index in [9.17, 15) is 4.79 Å². The number of hydrogen-bond donors (Lipinski definition) is 1. The molecule has 21 heavy (non-hydrogen) atoms. The lowest BCUT2D eigenvalue weighted by atomic mass is 9.96. The highest BCUT2D eigenvalue weighted by atomic mass is 16.5. The predicted molar refractivity (Wildman–Crippen MR) is 81.4 cm³/mol. The fraction of sp³-hybridized carbons (Fsp3) is 0.500. The SMILES string of the molecule is CCOc1ccc(NC(=O)C(C#N)C(C)C)cc1OCC. The van der Waals surface area contributed by atoms with Gasteiger partial charge in [0.25, 0.3) is 0 Å². The molecule has 5 nitrogen and oxygen atoms in total. The zero-order valence-electron chi connectivity index (χ0n) is 13.0. The molecule has 1 aromatic carbocycles. The van der Waals surface area contributed by atoms with Gasteiger partial charge in [-0.3, -0.25) is 4.79 Å². The van der Waals surface area contributed by atoms with Crippen LogP contribution in [-0.2, 0) is 4.79 Å². The summed E-state index contributed by atoms with van der Waals surface area (Å²) in [4.78, 5) is 12.1. The number of nitrogens with zero attached hydrogens (tertiary/aromatic N) is 1. The smallest absolute Gasteiger partial charge is 0.241 e. The first kappa shape index (κ1) is 16.8. The molecule has 0 aliphatic rings. The van der Waals surface area contributed by atoms with Gasteiger partial charge in [-0.25, -0.2) is 0 Å². The second-order valence-electron chi connectivity index (χ2n) is 4.87. The second-order valence-corrected chi connectivity index (χ2v) is 4.87. The molecule has 0 radical (unpaired) electrons. The van der Waals surface area contributed by atoms with Gasteiger partial charge in [0.2, 0.25) is 5.91 Å². The van der Waals surface area contributed by atoms with Crippen LogP contribution in [0.15, 0.2) is 18.2 Å². The molecule has 0 aliphatic carbocycles. The highest BCUT2D eigenvalue weighted by Gasteiger charge is 2.22. The highest BCUT2D eigenvalue weighted by Crippen LogP contribution is 2.31. The molecule has 1 unspecified atom stereocenters. The number of carbonyl (C=O) groups is 1. The number of carbonyl (C=O) groups excluding carboxylic acids is 1. The number of hydrogen-bond acceptors (Lipinski definition) is 4. The highest BCUT2D eigenvalue weighted by molar-refractivity contribution is 5.94. The Kier molecular flexibility index (Phi) is 6.54. The van der Waals surface area contributed by atoms with E-state index in [2.05, 4.69) is 5.32 Å². The van der Waals surface area contributed by atoms with Crippen molar-refractivity contribution in [1.82, 2.24) is 0 Å². The summed E-state index contributed by atoms with van der Waals surface area (Å²) in [6.45, 7) is 8.51. The first-order valence-corrected chi connectivity index (χ1v) is 7.13. The fourth-order valence-electron chi connectivity index (χ4n) is 1.86. The van der Waals surface area contributed by atoms with Gasteiger partial charge in [0.15, 0.2) is 11.5 Å². The van der Waals surface area contributed by atoms with Crippen molar-refractivity contribution in [2.45, 2.75) is 27.7 Å². The van der Waals surface area contributed by atoms with Gasteiger partial charge in [0.1, 0.15) is 5.92 Å². The van der Waals surface area contributed by atoms with Crippen LogP contribution in [0, 0.1) is 23.2 Å². The summed E-state index contributed by atoms with van der Waals surface area (Å²) in [5.41, 5.74) is 0.591. The Labute approximate surface area is 125 Å². The van der Waals surface area contributed by atoms with Crippen molar-refractivity contribution in [3.63, 3.8) is 0 Å². The summed E-state index contributed by atoms with van der Waals surface area (Å²) in [6.07, 6.45) is 0. The number of anilines is 1. The molecule has 0 saturated heterocycles. The summed E-state index contributed by atoms with van der Waals surface area (Å²) in [6, 6.07) is 7.22. The lowest BCUT2D eigenvalue weighted by Crippen LogP contribution is -2.25. The van der Waals surface area contributed by atoms with Gasteiger partial charge in [-0.05, 0) is 31.9 Å². The molecule has 0 spiro atoms. The van der Waals surface area contributed by atoms with E-state index in [1.165, 1.54) is 0 Å². The van der Waals surface area contributed by atoms with Gasteiger partial charge in [-0.15, -0.1) is 0 Å². The van der Waals surface area contributed by atoms with E-state index in [1.54, 1.807) is 18.2 Å². The lowest BCUT2D eigenvalue weighted by molar-refractivity contribution is -0.119. The number of nitriles is 1. The third-order valence-corrected chi connectivity index (χ3v) is 2.90. The van der Waals surface area contributed by atoms with E-state index in [0.29, 0.717) is 30.4 Å². The topological polar surface area (TPSA) is 71.3 Å². The molecule has 0 fully saturated rings. The van der Waals surface area contributed by atoms with Gasteiger partial charge in [0.05, 0.1) is 19.3 Å². The van der Waals surface area contributed by atoms with Crippen LogP contribution >= 0.6 is 0 Å². The minimum Gasteiger partial charge on any atom is -0.490 e. The van der Waals surface area contributed by atoms with Crippen molar-refractivity contribution in [2.75, 3.05) is 18.5 Å². The summed E-state index contributed by atoms with van der Waals surface area (Å²) in [7, 11) is 0. The van der Waals surface area contributed by atoms with Gasteiger partial charge in [0, 0.05) is 11.8 Å². The zero-order chi connectivity index (χ0) is 15.8. The number of amides is 1. The molecule has 0 bridgehead atoms. The maximum atomic E-state index is 12.1. The molecule has 1 N–H and O–H groups in total. The first-order valence-electron chi connectivity index (χ1n) is 7.13. The average Bonchev–Trinajstić information content (AvgIpc) is 2.42. The van der Waals surface area contributed by atoms with Crippen LogP contribution in [0.1, 0.15) is 27.7 Å². The van der Waals surface area contributed by atoms with E-state index >= 15 is 0 Å². The number of nitrogens with one attached hydrogen (secondary N) is 1. The number of rotatable bonds is 7. The molecule has 114 valence electrons. The third kappa shape index (κ3) is 4.67. The van der Waals surface area contributed by atoms with Gasteiger partial charge in [-0.1, -0.05) is 13.8 Å². The maximum absolute atomic E-state index is 12.1. The van der Waals surface area contributed by atoms with E-state index < -0.39 is 5.92 Å². The minimum atomic E-state index is -0.674. The maximum Gasteiger partial charge on any atom is 0.241 e. The number of ether oxygens (including phenoxy) is 2.